The first kappa shape index (κ1) is 16.4. The Morgan fingerprint density at radius 1 is 1.42 bits per heavy atom. The smallest absolute Gasteiger partial charge is 0.251 e. The summed E-state index contributed by atoms with van der Waals surface area (Å²) < 4.78 is 10.9. The number of carbonyl (C=O) groups excluding carboxylic acids is 1. The van der Waals surface area contributed by atoms with E-state index in [4.69, 9.17) is 9.26 Å². The van der Waals surface area contributed by atoms with Crippen molar-refractivity contribution in [2.24, 2.45) is 0 Å². The first-order chi connectivity index (χ1) is 11.7. The summed E-state index contributed by atoms with van der Waals surface area (Å²) in [7, 11) is 0. The van der Waals surface area contributed by atoms with Crippen molar-refractivity contribution in [2.75, 3.05) is 6.54 Å². The Hall–Kier alpha value is -2.44. The van der Waals surface area contributed by atoms with Gasteiger partial charge in [-0.1, -0.05) is 5.16 Å². The summed E-state index contributed by atoms with van der Waals surface area (Å²) in [6, 6.07) is 3.40. The van der Waals surface area contributed by atoms with Gasteiger partial charge in [0.1, 0.15) is 6.10 Å². The Morgan fingerprint density at radius 3 is 3.00 bits per heavy atom. The van der Waals surface area contributed by atoms with E-state index in [1.165, 1.54) is 12.8 Å². The molecule has 24 heavy (non-hydrogen) atoms. The van der Waals surface area contributed by atoms with Crippen molar-refractivity contribution in [3.63, 3.8) is 0 Å². The van der Waals surface area contributed by atoms with E-state index in [9.17, 15) is 4.79 Å². The molecule has 1 fully saturated rings. The van der Waals surface area contributed by atoms with Crippen molar-refractivity contribution in [1.82, 2.24) is 20.4 Å². The molecule has 0 unspecified atom stereocenters. The SMILES string of the molecule is Cc1noc(CCCNC(=O)c2ccnc(OC3CCCC3)c2)n1. The Kier molecular flexibility index (Phi) is 5.40. The van der Waals surface area contributed by atoms with Crippen molar-refractivity contribution in [3.05, 3.63) is 35.6 Å². The molecule has 0 spiro atoms. The molecule has 1 aliphatic rings. The molecule has 0 aliphatic heterocycles. The molecule has 7 nitrogen and oxygen atoms in total. The van der Waals surface area contributed by atoms with Crippen LogP contribution in [0.4, 0.5) is 0 Å². The first-order valence-corrected chi connectivity index (χ1v) is 8.41. The molecule has 0 bridgehead atoms. The number of hydrogen-bond donors (Lipinski definition) is 1. The molecule has 2 aromatic heterocycles. The summed E-state index contributed by atoms with van der Waals surface area (Å²) in [5, 5.41) is 6.62. The fourth-order valence-corrected chi connectivity index (χ4v) is 2.78. The van der Waals surface area contributed by atoms with Crippen molar-refractivity contribution < 1.29 is 14.1 Å². The number of amides is 1. The van der Waals surface area contributed by atoms with Crippen LogP contribution in [0.3, 0.4) is 0 Å². The van der Waals surface area contributed by atoms with Gasteiger partial charge in [0.2, 0.25) is 11.8 Å². The summed E-state index contributed by atoms with van der Waals surface area (Å²) in [4.78, 5) is 20.5. The minimum absolute atomic E-state index is 0.129. The Balaban J connectivity index is 1.45. The third-order valence-corrected chi connectivity index (χ3v) is 4.01. The zero-order valence-corrected chi connectivity index (χ0v) is 13.8. The van der Waals surface area contributed by atoms with Gasteiger partial charge in [-0.2, -0.15) is 4.98 Å². The molecule has 128 valence electrons. The van der Waals surface area contributed by atoms with Gasteiger partial charge in [0, 0.05) is 30.8 Å². The Bertz CT molecular complexity index is 680. The quantitative estimate of drug-likeness (QED) is 0.784. The number of ether oxygens (including phenoxy) is 1. The number of rotatable bonds is 7. The minimum Gasteiger partial charge on any atom is -0.474 e. The number of carbonyl (C=O) groups is 1. The lowest BCUT2D eigenvalue weighted by molar-refractivity contribution is 0.0951. The number of aryl methyl sites for hydroxylation is 2. The van der Waals surface area contributed by atoms with Crippen LogP contribution in [0.2, 0.25) is 0 Å². The molecule has 0 saturated heterocycles. The second kappa shape index (κ2) is 7.90. The molecular weight excluding hydrogens is 308 g/mol. The van der Waals surface area contributed by atoms with Gasteiger partial charge in [-0.3, -0.25) is 4.79 Å². The Labute approximate surface area is 140 Å². The van der Waals surface area contributed by atoms with Gasteiger partial charge in [-0.25, -0.2) is 4.98 Å². The standard InChI is InChI=1S/C17H22N4O3/c1-12-20-15(24-21-12)7-4-9-19-17(22)13-8-10-18-16(11-13)23-14-5-2-3-6-14/h8,10-11,14H,2-7,9H2,1H3,(H,19,22). The van der Waals surface area contributed by atoms with E-state index in [-0.39, 0.29) is 12.0 Å². The van der Waals surface area contributed by atoms with Crippen molar-refractivity contribution >= 4 is 5.91 Å². The normalized spacial score (nSPS) is 14.7. The van der Waals surface area contributed by atoms with Crippen molar-refractivity contribution in [1.29, 1.82) is 0 Å². The molecule has 0 atom stereocenters. The molecular formula is C17H22N4O3. The van der Waals surface area contributed by atoms with E-state index in [1.807, 2.05) is 0 Å². The maximum Gasteiger partial charge on any atom is 0.251 e. The summed E-state index contributed by atoms with van der Waals surface area (Å²) in [5.74, 6) is 1.62. The lowest BCUT2D eigenvalue weighted by atomic mass is 10.2. The summed E-state index contributed by atoms with van der Waals surface area (Å²) in [6.07, 6.45) is 7.75. The zero-order valence-electron chi connectivity index (χ0n) is 13.8. The maximum absolute atomic E-state index is 12.2. The predicted molar refractivity (Wildman–Crippen MR) is 86.8 cm³/mol. The fourth-order valence-electron chi connectivity index (χ4n) is 2.78. The monoisotopic (exact) mass is 330 g/mol. The number of pyridine rings is 1. The van der Waals surface area contributed by atoms with Gasteiger partial charge in [0.15, 0.2) is 5.82 Å². The van der Waals surface area contributed by atoms with Crippen LogP contribution in [-0.4, -0.2) is 33.7 Å². The van der Waals surface area contributed by atoms with Crippen molar-refractivity contribution in [3.8, 4) is 5.88 Å². The lowest BCUT2D eigenvalue weighted by Crippen LogP contribution is -2.25. The highest BCUT2D eigenvalue weighted by Gasteiger charge is 2.17. The maximum atomic E-state index is 12.2. The molecule has 2 aromatic rings. The van der Waals surface area contributed by atoms with E-state index in [0.717, 1.165) is 19.3 Å². The van der Waals surface area contributed by atoms with Crippen molar-refractivity contribution in [2.45, 2.75) is 51.6 Å². The fraction of sp³-hybridized carbons (Fsp3) is 0.529. The van der Waals surface area contributed by atoms with Crippen LogP contribution in [-0.2, 0) is 6.42 Å². The summed E-state index contributed by atoms with van der Waals surface area (Å²) in [6.45, 7) is 2.32. The molecule has 7 heteroatoms. The highest BCUT2D eigenvalue weighted by molar-refractivity contribution is 5.94. The predicted octanol–water partition coefficient (Wildman–Crippen LogP) is 2.46. The lowest BCUT2D eigenvalue weighted by Gasteiger charge is -2.12. The van der Waals surface area contributed by atoms with Crippen LogP contribution in [0.5, 0.6) is 5.88 Å². The van der Waals surface area contributed by atoms with Crippen LogP contribution in [0.25, 0.3) is 0 Å². The van der Waals surface area contributed by atoms with Gasteiger partial charge in [0.25, 0.3) is 5.91 Å². The number of nitrogens with zero attached hydrogens (tertiary/aromatic N) is 3. The molecule has 1 N–H and O–H groups in total. The van der Waals surface area contributed by atoms with Gasteiger partial charge in [-0.05, 0) is 45.1 Å². The number of nitrogens with one attached hydrogen (secondary N) is 1. The second-order valence-electron chi connectivity index (χ2n) is 6.00. The topological polar surface area (TPSA) is 90.1 Å². The molecule has 0 radical (unpaired) electrons. The highest BCUT2D eigenvalue weighted by Crippen LogP contribution is 2.23. The van der Waals surface area contributed by atoms with Crippen LogP contribution < -0.4 is 10.1 Å². The second-order valence-corrected chi connectivity index (χ2v) is 6.00. The van der Waals surface area contributed by atoms with Crippen LogP contribution >= 0.6 is 0 Å². The molecule has 2 heterocycles. The minimum atomic E-state index is -0.129. The van der Waals surface area contributed by atoms with E-state index < -0.39 is 0 Å². The van der Waals surface area contributed by atoms with Crippen LogP contribution in [0, 0.1) is 6.92 Å². The molecule has 1 saturated carbocycles. The van der Waals surface area contributed by atoms with E-state index in [1.54, 1.807) is 25.3 Å². The van der Waals surface area contributed by atoms with Crippen LogP contribution in [0.1, 0.15) is 54.2 Å². The van der Waals surface area contributed by atoms with Crippen LogP contribution in [0.15, 0.2) is 22.9 Å². The number of aromatic nitrogens is 3. The van der Waals surface area contributed by atoms with Gasteiger partial charge < -0.3 is 14.6 Å². The molecule has 1 amide bonds. The summed E-state index contributed by atoms with van der Waals surface area (Å²) in [5.41, 5.74) is 0.562. The zero-order chi connectivity index (χ0) is 16.8. The van der Waals surface area contributed by atoms with E-state index in [2.05, 4.69) is 20.4 Å². The van der Waals surface area contributed by atoms with Gasteiger partial charge in [-0.15, -0.1) is 0 Å². The average Bonchev–Trinajstić information content (AvgIpc) is 3.23. The largest absolute Gasteiger partial charge is 0.474 e. The van der Waals surface area contributed by atoms with E-state index in [0.29, 0.717) is 36.1 Å². The molecule has 3 rings (SSSR count). The summed E-state index contributed by atoms with van der Waals surface area (Å²) >= 11 is 0. The Morgan fingerprint density at radius 2 is 2.25 bits per heavy atom. The third-order valence-electron chi connectivity index (χ3n) is 4.01. The number of hydrogen-bond acceptors (Lipinski definition) is 6. The first-order valence-electron chi connectivity index (χ1n) is 8.41. The molecule has 0 aromatic carbocycles. The van der Waals surface area contributed by atoms with Gasteiger partial charge in [0.05, 0.1) is 0 Å². The third kappa shape index (κ3) is 4.53. The van der Waals surface area contributed by atoms with Gasteiger partial charge >= 0.3 is 0 Å². The average molecular weight is 330 g/mol. The highest BCUT2D eigenvalue weighted by atomic mass is 16.5. The van der Waals surface area contributed by atoms with E-state index >= 15 is 0 Å². The molecule has 1 aliphatic carbocycles.